The lowest BCUT2D eigenvalue weighted by molar-refractivity contribution is -0.0748. The summed E-state index contributed by atoms with van der Waals surface area (Å²) in [5.41, 5.74) is -0.0466. The van der Waals surface area contributed by atoms with Crippen LogP contribution in [0.5, 0.6) is 11.5 Å². The first-order valence-electron chi connectivity index (χ1n) is 13.8. The van der Waals surface area contributed by atoms with E-state index in [1.54, 1.807) is 0 Å². The largest absolute Gasteiger partial charge is 0.493 e. The molecule has 1 aromatic rings. The van der Waals surface area contributed by atoms with Crippen LogP contribution in [0.4, 0.5) is 4.39 Å². The first-order chi connectivity index (χ1) is 17.2. The van der Waals surface area contributed by atoms with Crippen LogP contribution < -0.4 is 9.47 Å². The highest BCUT2D eigenvalue weighted by Gasteiger charge is 2.53. The third-order valence-corrected chi connectivity index (χ3v) is 19.1. The van der Waals surface area contributed by atoms with Crippen molar-refractivity contribution in [2.75, 3.05) is 13.7 Å². The summed E-state index contributed by atoms with van der Waals surface area (Å²) in [6.45, 7) is 10.4. The number of nitrogens with zero attached hydrogens (tertiary/aromatic N) is 1. The number of hydrogen-bond donors (Lipinski definition) is 1. The fraction of sp³-hybridized carbons (Fsp3) is 0.750. The first kappa shape index (κ1) is 27.0. The summed E-state index contributed by atoms with van der Waals surface area (Å²) < 4.78 is 51.2. The van der Waals surface area contributed by atoms with E-state index in [-0.39, 0.29) is 21.3 Å². The molecule has 0 spiro atoms. The molecular formula is C28H43FN2O4SSi. The number of nitrogens with one attached hydrogen (secondary N) is 1. The SMILES string of the molecule is COc1cc(C(=O)N([Si](C)(C)C(C)(C)C)S(=N)(=O)C2CC2)c(F)cc1OCC12CC3CC(CC(C3)C1)C2. The zero-order chi connectivity index (χ0) is 27.0. The molecule has 1 atom stereocenters. The Labute approximate surface area is 222 Å². The molecule has 1 N–H and O–H groups in total. The van der Waals surface area contributed by atoms with E-state index in [2.05, 4.69) is 0 Å². The van der Waals surface area contributed by atoms with Crippen LogP contribution in [0.15, 0.2) is 12.1 Å². The highest BCUT2D eigenvalue weighted by atomic mass is 32.2. The molecule has 5 aliphatic rings. The van der Waals surface area contributed by atoms with Crippen LogP contribution in [0.3, 0.4) is 0 Å². The number of halogens is 1. The van der Waals surface area contributed by atoms with Gasteiger partial charge in [-0.05, 0) is 80.2 Å². The van der Waals surface area contributed by atoms with Crippen LogP contribution in [0.2, 0.25) is 18.1 Å². The van der Waals surface area contributed by atoms with Gasteiger partial charge in [0, 0.05) is 11.5 Å². The molecule has 6 rings (SSSR count). The Morgan fingerprint density at radius 3 is 2.11 bits per heavy atom. The van der Waals surface area contributed by atoms with Gasteiger partial charge in [-0.2, -0.15) is 0 Å². The van der Waals surface area contributed by atoms with Crippen LogP contribution in [-0.2, 0) is 9.92 Å². The van der Waals surface area contributed by atoms with E-state index in [4.69, 9.17) is 14.3 Å². The fourth-order valence-corrected chi connectivity index (χ4v) is 14.0. The molecule has 0 heterocycles. The molecule has 1 amide bonds. The predicted octanol–water partition coefficient (Wildman–Crippen LogP) is 7.00. The van der Waals surface area contributed by atoms with Gasteiger partial charge in [-0.1, -0.05) is 33.9 Å². The van der Waals surface area contributed by atoms with Gasteiger partial charge >= 0.3 is 0 Å². The minimum Gasteiger partial charge on any atom is -0.493 e. The zero-order valence-electron chi connectivity index (χ0n) is 23.2. The highest BCUT2D eigenvalue weighted by molar-refractivity contribution is 7.93. The zero-order valence-corrected chi connectivity index (χ0v) is 25.0. The van der Waals surface area contributed by atoms with Gasteiger partial charge in [-0.3, -0.25) is 8.77 Å². The lowest BCUT2D eigenvalue weighted by Crippen LogP contribution is -2.60. The van der Waals surface area contributed by atoms with Crippen LogP contribution in [0.25, 0.3) is 0 Å². The van der Waals surface area contributed by atoms with Crippen LogP contribution in [0.1, 0.15) is 82.5 Å². The van der Waals surface area contributed by atoms with Crippen molar-refractivity contribution in [2.45, 2.75) is 95.5 Å². The Morgan fingerprint density at radius 2 is 1.65 bits per heavy atom. The highest BCUT2D eigenvalue weighted by Crippen LogP contribution is 2.60. The second kappa shape index (κ2) is 8.97. The summed E-state index contributed by atoms with van der Waals surface area (Å²) in [4.78, 5) is 13.9. The van der Waals surface area contributed by atoms with Crippen molar-refractivity contribution >= 4 is 24.1 Å². The molecule has 5 aliphatic carbocycles. The van der Waals surface area contributed by atoms with Gasteiger partial charge < -0.3 is 9.47 Å². The minimum atomic E-state index is -3.39. The summed E-state index contributed by atoms with van der Waals surface area (Å²) in [6.07, 6.45) is 8.90. The number of carbonyl (C=O) groups excluding carboxylic acids is 1. The third kappa shape index (κ3) is 4.72. The molecule has 9 heteroatoms. The molecule has 1 unspecified atom stereocenters. The van der Waals surface area contributed by atoms with Crippen LogP contribution in [0, 0.1) is 33.8 Å². The van der Waals surface area contributed by atoms with Crippen LogP contribution >= 0.6 is 0 Å². The van der Waals surface area contributed by atoms with Crippen molar-refractivity contribution in [3.8, 4) is 11.5 Å². The summed E-state index contributed by atoms with van der Waals surface area (Å²) in [5.74, 6) is 1.58. The molecule has 0 aliphatic heterocycles. The van der Waals surface area contributed by atoms with Crippen molar-refractivity contribution in [3.63, 3.8) is 0 Å². The number of benzene rings is 1. The van der Waals surface area contributed by atoms with E-state index in [0.717, 1.165) is 17.8 Å². The Hall–Kier alpha value is -1.61. The Morgan fingerprint density at radius 1 is 1.11 bits per heavy atom. The van der Waals surface area contributed by atoms with E-state index in [1.807, 2.05) is 33.9 Å². The maximum Gasteiger partial charge on any atom is 0.261 e. The molecule has 1 aromatic carbocycles. The predicted molar refractivity (Wildman–Crippen MR) is 146 cm³/mol. The molecule has 37 heavy (non-hydrogen) atoms. The Bertz CT molecular complexity index is 1150. The first-order valence-corrected chi connectivity index (χ1v) is 18.3. The number of amides is 1. The minimum absolute atomic E-state index is 0.158. The van der Waals surface area contributed by atoms with Gasteiger partial charge in [0.2, 0.25) is 0 Å². The summed E-state index contributed by atoms with van der Waals surface area (Å²) in [6, 6.07) is 2.63. The normalized spacial score (nSPS) is 30.6. The standard InChI is InChI=1S/C28H43FN2O4SSi/c1-27(2,3)37(5,6)31(36(30,33)21-7-8-21)26(32)22-12-24(34-4)25(13-23(22)29)35-17-28-14-18-9-19(15-28)11-20(10-18)16-28/h12-13,18-21,30H,7-11,14-17H2,1-6H3. The second-order valence-electron chi connectivity index (χ2n) is 13.9. The van der Waals surface area contributed by atoms with Crippen molar-refractivity contribution in [1.82, 2.24) is 3.97 Å². The molecule has 206 valence electrons. The molecule has 6 nitrogen and oxygen atoms in total. The van der Waals surface area contributed by atoms with Crippen molar-refractivity contribution in [3.05, 3.63) is 23.5 Å². The number of carbonyl (C=O) groups is 1. The number of hydrogen-bond acceptors (Lipinski definition) is 5. The van der Waals surface area contributed by atoms with Gasteiger partial charge in [0.25, 0.3) is 5.91 Å². The van der Waals surface area contributed by atoms with Crippen molar-refractivity contribution < 1.29 is 22.9 Å². The maximum atomic E-state index is 15.6. The third-order valence-electron chi connectivity index (χ3n) is 9.96. The molecule has 5 saturated carbocycles. The van der Waals surface area contributed by atoms with E-state index < -0.39 is 29.9 Å². The Kier molecular flexibility index (Phi) is 6.54. The molecule has 5 fully saturated rings. The molecule has 4 bridgehead atoms. The number of ether oxygens (including phenoxy) is 2. The van der Waals surface area contributed by atoms with E-state index in [0.29, 0.717) is 30.9 Å². The molecule has 0 saturated heterocycles. The smallest absolute Gasteiger partial charge is 0.261 e. The average molecular weight is 551 g/mol. The van der Waals surface area contributed by atoms with Gasteiger partial charge in [-0.25, -0.2) is 13.4 Å². The average Bonchev–Trinajstić information content (AvgIpc) is 3.62. The van der Waals surface area contributed by atoms with Gasteiger partial charge in [-0.15, -0.1) is 0 Å². The molecule has 0 radical (unpaired) electrons. The molecular weight excluding hydrogens is 507 g/mol. The van der Waals surface area contributed by atoms with Crippen molar-refractivity contribution in [1.29, 1.82) is 4.78 Å². The van der Waals surface area contributed by atoms with Gasteiger partial charge in [0.05, 0.1) is 24.5 Å². The van der Waals surface area contributed by atoms with E-state index in [1.165, 1.54) is 61.7 Å². The summed E-state index contributed by atoms with van der Waals surface area (Å²) >= 11 is 0. The second-order valence-corrected chi connectivity index (χ2v) is 21.4. The summed E-state index contributed by atoms with van der Waals surface area (Å²) in [7, 11) is -4.68. The fourth-order valence-electron chi connectivity index (χ4n) is 7.34. The number of methoxy groups -OCH3 is 1. The van der Waals surface area contributed by atoms with Gasteiger partial charge in [0.15, 0.2) is 19.7 Å². The monoisotopic (exact) mass is 550 g/mol. The van der Waals surface area contributed by atoms with Crippen molar-refractivity contribution in [2.24, 2.45) is 23.2 Å². The molecule has 0 aromatic heterocycles. The Balaban J connectivity index is 1.43. The lowest BCUT2D eigenvalue weighted by Gasteiger charge is -2.56. The lowest BCUT2D eigenvalue weighted by atomic mass is 9.50. The number of rotatable bonds is 8. The maximum absolute atomic E-state index is 15.6. The quantitative estimate of drug-likeness (QED) is 0.353. The van der Waals surface area contributed by atoms with Gasteiger partial charge in [0.1, 0.15) is 15.7 Å². The topological polar surface area (TPSA) is 79.7 Å². The van der Waals surface area contributed by atoms with E-state index in [9.17, 15) is 9.00 Å². The summed E-state index contributed by atoms with van der Waals surface area (Å²) in [5, 5.41) is -0.707. The van der Waals surface area contributed by atoms with E-state index >= 15 is 4.39 Å². The van der Waals surface area contributed by atoms with Crippen LogP contribution in [-0.4, -0.2) is 41.3 Å².